The predicted octanol–water partition coefficient (Wildman–Crippen LogP) is 3.11. The van der Waals surface area contributed by atoms with Gasteiger partial charge < -0.3 is 21.1 Å². The predicted molar refractivity (Wildman–Crippen MR) is 115 cm³/mol. The first kappa shape index (κ1) is 20.9. The number of thioether (sulfide) groups is 1. The van der Waals surface area contributed by atoms with Crippen LogP contribution in [0, 0.1) is 0 Å². The summed E-state index contributed by atoms with van der Waals surface area (Å²) in [7, 11) is 1.50. The number of benzene rings is 1. The first-order valence-electron chi connectivity index (χ1n) is 9.35. The Balaban J connectivity index is 1.74. The van der Waals surface area contributed by atoms with Crippen LogP contribution >= 0.6 is 11.8 Å². The minimum absolute atomic E-state index is 0.277. The SMILES string of the molecule is COc1ccc(NC(=O)c2cncc(C3CC=CS3)c2)cc1C(=O)NCCCN. The Morgan fingerprint density at radius 2 is 2.14 bits per heavy atom. The number of methoxy groups -OCH3 is 1. The summed E-state index contributed by atoms with van der Waals surface area (Å²) in [5, 5.41) is 7.98. The number of amides is 2. The monoisotopic (exact) mass is 412 g/mol. The second-order valence-electron chi connectivity index (χ2n) is 6.51. The molecule has 1 aromatic carbocycles. The van der Waals surface area contributed by atoms with E-state index in [0.29, 0.717) is 47.3 Å². The van der Waals surface area contributed by atoms with Gasteiger partial charge in [-0.2, -0.15) is 0 Å². The van der Waals surface area contributed by atoms with Gasteiger partial charge >= 0.3 is 0 Å². The van der Waals surface area contributed by atoms with Crippen molar-refractivity contribution in [2.75, 3.05) is 25.5 Å². The molecule has 2 heterocycles. The van der Waals surface area contributed by atoms with Crippen molar-refractivity contribution < 1.29 is 14.3 Å². The van der Waals surface area contributed by atoms with Crippen LogP contribution in [0.25, 0.3) is 0 Å². The average Bonchev–Trinajstić information content (AvgIpc) is 3.29. The van der Waals surface area contributed by atoms with Crippen LogP contribution < -0.4 is 21.1 Å². The molecule has 0 saturated carbocycles. The Hall–Kier alpha value is -2.84. The molecule has 29 heavy (non-hydrogen) atoms. The van der Waals surface area contributed by atoms with Gasteiger partial charge in [0.25, 0.3) is 11.8 Å². The summed E-state index contributed by atoms with van der Waals surface area (Å²) in [6, 6.07) is 6.81. The molecule has 0 bridgehead atoms. The van der Waals surface area contributed by atoms with Crippen molar-refractivity contribution in [1.29, 1.82) is 0 Å². The highest BCUT2D eigenvalue weighted by Gasteiger charge is 2.17. The van der Waals surface area contributed by atoms with Crippen LogP contribution in [0.1, 0.15) is 44.4 Å². The van der Waals surface area contributed by atoms with E-state index in [9.17, 15) is 9.59 Å². The molecule has 0 fully saturated rings. The van der Waals surface area contributed by atoms with Gasteiger partial charge in [0, 0.05) is 29.9 Å². The Morgan fingerprint density at radius 3 is 2.86 bits per heavy atom. The Morgan fingerprint density at radius 1 is 1.28 bits per heavy atom. The van der Waals surface area contributed by atoms with E-state index in [4.69, 9.17) is 10.5 Å². The van der Waals surface area contributed by atoms with Gasteiger partial charge in [-0.05, 0) is 54.6 Å². The van der Waals surface area contributed by atoms with Gasteiger partial charge in [0.1, 0.15) is 5.75 Å². The molecule has 1 aromatic heterocycles. The number of carbonyl (C=O) groups is 2. The maximum atomic E-state index is 12.7. The average molecular weight is 413 g/mol. The normalized spacial score (nSPS) is 15.2. The van der Waals surface area contributed by atoms with Crippen molar-refractivity contribution in [2.24, 2.45) is 5.73 Å². The number of rotatable bonds is 8. The molecule has 1 aliphatic rings. The van der Waals surface area contributed by atoms with Crippen LogP contribution in [-0.2, 0) is 0 Å². The van der Waals surface area contributed by atoms with Gasteiger partial charge in [0.05, 0.1) is 18.2 Å². The van der Waals surface area contributed by atoms with Crippen molar-refractivity contribution in [3.8, 4) is 5.75 Å². The lowest BCUT2D eigenvalue weighted by atomic mass is 10.1. The smallest absolute Gasteiger partial charge is 0.257 e. The van der Waals surface area contributed by atoms with Gasteiger partial charge in [0.15, 0.2) is 0 Å². The number of nitrogens with zero attached hydrogens (tertiary/aromatic N) is 1. The fourth-order valence-corrected chi connectivity index (χ4v) is 3.84. The van der Waals surface area contributed by atoms with E-state index >= 15 is 0 Å². The maximum absolute atomic E-state index is 12.7. The van der Waals surface area contributed by atoms with Crippen molar-refractivity contribution in [1.82, 2.24) is 10.3 Å². The van der Waals surface area contributed by atoms with E-state index < -0.39 is 0 Å². The summed E-state index contributed by atoms with van der Waals surface area (Å²) in [5.41, 5.74) is 7.80. The van der Waals surface area contributed by atoms with Gasteiger partial charge in [-0.15, -0.1) is 11.8 Å². The molecule has 2 amide bonds. The molecule has 1 unspecified atom stereocenters. The van der Waals surface area contributed by atoms with Crippen LogP contribution in [0.3, 0.4) is 0 Å². The molecule has 8 heteroatoms. The molecule has 1 atom stereocenters. The molecular weight excluding hydrogens is 388 g/mol. The molecule has 4 N–H and O–H groups in total. The van der Waals surface area contributed by atoms with Crippen LogP contribution in [0.4, 0.5) is 5.69 Å². The second kappa shape index (κ2) is 10.1. The van der Waals surface area contributed by atoms with Crippen molar-refractivity contribution in [3.63, 3.8) is 0 Å². The van der Waals surface area contributed by atoms with E-state index in [1.807, 2.05) is 6.07 Å². The largest absolute Gasteiger partial charge is 0.496 e. The van der Waals surface area contributed by atoms with Gasteiger partial charge in [-0.25, -0.2) is 0 Å². The zero-order valence-corrected chi connectivity index (χ0v) is 17.0. The number of hydrogen-bond acceptors (Lipinski definition) is 6. The molecule has 152 valence electrons. The first-order valence-corrected chi connectivity index (χ1v) is 10.3. The van der Waals surface area contributed by atoms with Crippen LogP contribution in [0.5, 0.6) is 5.75 Å². The fraction of sp³-hybridized carbons (Fsp3) is 0.286. The molecule has 0 aliphatic carbocycles. The summed E-state index contributed by atoms with van der Waals surface area (Å²) >= 11 is 1.72. The highest BCUT2D eigenvalue weighted by Crippen LogP contribution is 2.38. The minimum atomic E-state index is -0.282. The van der Waals surface area contributed by atoms with Crippen molar-refractivity contribution in [3.05, 3.63) is 64.8 Å². The first-order chi connectivity index (χ1) is 14.1. The lowest BCUT2D eigenvalue weighted by Gasteiger charge is -2.13. The molecule has 0 saturated heterocycles. The third-order valence-electron chi connectivity index (χ3n) is 4.45. The lowest BCUT2D eigenvalue weighted by molar-refractivity contribution is 0.0949. The number of pyridine rings is 1. The number of allylic oxidation sites excluding steroid dienone is 1. The van der Waals surface area contributed by atoms with Crippen LogP contribution in [-0.4, -0.2) is 37.0 Å². The number of hydrogen-bond donors (Lipinski definition) is 3. The molecule has 7 nitrogen and oxygen atoms in total. The number of anilines is 1. The number of nitrogens with one attached hydrogen (secondary N) is 2. The van der Waals surface area contributed by atoms with Gasteiger partial charge in [-0.3, -0.25) is 14.6 Å². The standard InChI is InChI=1S/C21H24N4O3S/c1-28-18-6-5-16(11-17(18)21(27)24-8-3-7-22)25-20(26)15-10-14(12-23-13-15)19-4-2-9-29-19/h2,5-6,9-13,19H,3-4,7-8,22H2,1H3,(H,24,27)(H,25,26). The highest BCUT2D eigenvalue weighted by atomic mass is 32.2. The fourth-order valence-electron chi connectivity index (χ4n) is 2.92. The highest BCUT2D eigenvalue weighted by molar-refractivity contribution is 8.02. The summed E-state index contributed by atoms with van der Waals surface area (Å²) in [5.74, 6) is -0.126. The molecule has 0 spiro atoms. The summed E-state index contributed by atoms with van der Waals surface area (Å²) in [4.78, 5) is 29.4. The van der Waals surface area contributed by atoms with Crippen molar-refractivity contribution in [2.45, 2.75) is 18.1 Å². The number of nitrogens with two attached hydrogens (primary N) is 1. The topological polar surface area (TPSA) is 106 Å². The Bertz CT molecular complexity index is 909. The van der Waals surface area contributed by atoms with E-state index in [-0.39, 0.29) is 11.8 Å². The molecule has 3 rings (SSSR count). The van der Waals surface area contributed by atoms with E-state index in [1.54, 1.807) is 36.2 Å². The summed E-state index contributed by atoms with van der Waals surface area (Å²) < 4.78 is 5.27. The summed E-state index contributed by atoms with van der Waals surface area (Å²) in [6.07, 6.45) is 7.05. The maximum Gasteiger partial charge on any atom is 0.257 e. The van der Waals surface area contributed by atoms with E-state index in [1.165, 1.54) is 13.3 Å². The van der Waals surface area contributed by atoms with Gasteiger partial charge in [-0.1, -0.05) is 6.08 Å². The number of aromatic nitrogens is 1. The van der Waals surface area contributed by atoms with E-state index in [2.05, 4.69) is 27.1 Å². The molecule has 1 aliphatic heterocycles. The third kappa shape index (κ3) is 5.36. The molecule has 2 aromatic rings. The van der Waals surface area contributed by atoms with Crippen LogP contribution in [0.15, 0.2) is 48.1 Å². The second-order valence-corrected chi connectivity index (χ2v) is 7.62. The lowest BCUT2D eigenvalue weighted by Crippen LogP contribution is -2.26. The minimum Gasteiger partial charge on any atom is -0.496 e. The van der Waals surface area contributed by atoms with E-state index in [0.717, 1.165) is 12.0 Å². The molecular formula is C21H24N4O3S. The summed E-state index contributed by atoms with van der Waals surface area (Å²) in [6.45, 7) is 0.970. The quantitative estimate of drug-likeness (QED) is 0.575. The van der Waals surface area contributed by atoms with Gasteiger partial charge in [0.2, 0.25) is 0 Å². The Kier molecular flexibility index (Phi) is 7.26. The van der Waals surface area contributed by atoms with Crippen LogP contribution in [0.2, 0.25) is 0 Å². The zero-order valence-electron chi connectivity index (χ0n) is 16.2. The third-order valence-corrected chi connectivity index (χ3v) is 5.59. The zero-order chi connectivity index (χ0) is 20.6. The number of carbonyl (C=O) groups excluding carboxylic acids is 2. The number of ether oxygens (including phenoxy) is 1. The Labute approximate surface area is 174 Å². The molecule has 0 radical (unpaired) electrons. The van der Waals surface area contributed by atoms with Crippen molar-refractivity contribution >= 4 is 29.3 Å².